The molecular formula is C21H23N3O2. The number of likely N-dealkylation sites (tertiary alicyclic amines) is 1. The highest BCUT2D eigenvalue weighted by Crippen LogP contribution is 2.43. The Morgan fingerprint density at radius 1 is 1.04 bits per heavy atom. The molecule has 0 N–H and O–H groups in total. The third-order valence-corrected chi connectivity index (χ3v) is 5.78. The summed E-state index contributed by atoms with van der Waals surface area (Å²) in [6.07, 6.45) is 5.79. The van der Waals surface area contributed by atoms with Gasteiger partial charge in [-0.05, 0) is 50.5 Å². The SMILES string of the molecule is Cc1ccc(C(=O)N2CCC3(CC2)CCN(c2cccnc2)C3=O)cc1. The van der Waals surface area contributed by atoms with Crippen LogP contribution in [0.2, 0.25) is 0 Å². The maximum Gasteiger partial charge on any atom is 0.253 e. The molecular weight excluding hydrogens is 326 g/mol. The molecule has 2 amide bonds. The Labute approximate surface area is 153 Å². The summed E-state index contributed by atoms with van der Waals surface area (Å²) in [6, 6.07) is 11.5. The molecule has 2 aliphatic heterocycles. The number of carbonyl (C=O) groups is 2. The molecule has 4 rings (SSSR count). The van der Waals surface area contributed by atoms with Crippen molar-refractivity contribution in [1.29, 1.82) is 0 Å². The Bertz CT molecular complexity index is 809. The van der Waals surface area contributed by atoms with E-state index in [1.54, 1.807) is 12.4 Å². The fourth-order valence-electron chi connectivity index (χ4n) is 4.06. The highest BCUT2D eigenvalue weighted by molar-refractivity contribution is 6.00. The standard InChI is InChI=1S/C21H23N3O2/c1-16-4-6-17(7-5-16)19(25)23-12-8-21(9-13-23)10-14-24(20(21)26)18-3-2-11-22-15-18/h2-7,11,15H,8-10,12-14H2,1H3. The smallest absolute Gasteiger partial charge is 0.253 e. The summed E-state index contributed by atoms with van der Waals surface area (Å²) in [4.78, 5) is 33.6. The van der Waals surface area contributed by atoms with Gasteiger partial charge in [-0.3, -0.25) is 14.6 Å². The van der Waals surface area contributed by atoms with Crippen molar-refractivity contribution >= 4 is 17.5 Å². The average molecular weight is 349 g/mol. The molecule has 1 spiro atoms. The molecule has 2 fully saturated rings. The molecule has 2 aliphatic rings. The zero-order valence-corrected chi connectivity index (χ0v) is 15.0. The van der Waals surface area contributed by atoms with Gasteiger partial charge in [0.1, 0.15) is 0 Å². The Morgan fingerprint density at radius 2 is 1.73 bits per heavy atom. The van der Waals surface area contributed by atoms with E-state index in [0.717, 1.165) is 42.6 Å². The molecule has 2 aromatic rings. The van der Waals surface area contributed by atoms with E-state index in [1.807, 2.05) is 53.1 Å². The maximum atomic E-state index is 13.1. The van der Waals surface area contributed by atoms with Crippen LogP contribution in [0.25, 0.3) is 0 Å². The first-order chi connectivity index (χ1) is 12.6. The molecule has 134 valence electrons. The van der Waals surface area contributed by atoms with Gasteiger partial charge in [0.05, 0.1) is 17.3 Å². The molecule has 2 saturated heterocycles. The molecule has 0 saturated carbocycles. The Balaban J connectivity index is 1.44. The van der Waals surface area contributed by atoms with E-state index in [9.17, 15) is 9.59 Å². The molecule has 1 aromatic heterocycles. The second kappa shape index (κ2) is 6.56. The lowest BCUT2D eigenvalue weighted by atomic mass is 9.77. The van der Waals surface area contributed by atoms with Crippen molar-refractivity contribution in [2.45, 2.75) is 26.2 Å². The number of hydrogen-bond acceptors (Lipinski definition) is 3. The van der Waals surface area contributed by atoms with Gasteiger partial charge in [0.15, 0.2) is 0 Å². The van der Waals surface area contributed by atoms with Crippen LogP contribution in [-0.2, 0) is 4.79 Å². The van der Waals surface area contributed by atoms with E-state index in [2.05, 4.69) is 4.98 Å². The van der Waals surface area contributed by atoms with Crippen molar-refractivity contribution in [1.82, 2.24) is 9.88 Å². The molecule has 0 bridgehead atoms. The summed E-state index contributed by atoms with van der Waals surface area (Å²) < 4.78 is 0. The van der Waals surface area contributed by atoms with Crippen molar-refractivity contribution < 1.29 is 9.59 Å². The number of nitrogens with zero attached hydrogens (tertiary/aromatic N) is 3. The third-order valence-electron chi connectivity index (χ3n) is 5.78. The summed E-state index contributed by atoms with van der Waals surface area (Å²) in [6.45, 7) is 4.02. The Morgan fingerprint density at radius 3 is 2.38 bits per heavy atom. The Hall–Kier alpha value is -2.69. The molecule has 5 nitrogen and oxygen atoms in total. The Kier molecular flexibility index (Phi) is 4.23. The lowest BCUT2D eigenvalue weighted by molar-refractivity contribution is -0.127. The second-order valence-corrected chi connectivity index (χ2v) is 7.36. The number of amides is 2. The molecule has 0 radical (unpaired) electrons. The summed E-state index contributed by atoms with van der Waals surface area (Å²) in [5.41, 5.74) is 2.42. The topological polar surface area (TPSA) is 53.5 Å². The van der Waals surface area contributed by atoms with E-state index < -0.39 is 0 Å². The average Bonchev–Trinajstić information content (AvgIpc) is 2.99. The number of rotatable bonds is 2. The summed E-state index contributed by atoms with van der Waals surface area (Å²) in [7, 11) is 0. The minimum Gasteiger partial charge on any atom is -0.339 e. The maximum absolute atomic E-state index is 13.1. The van der Waals surface area contributed by atoms with Gasteiger partial charge in [-0.15, -0.1) is 0 Å². The first-order valence-electron chi connectivity index (χ1n) is 9.17. The van der Waals surface area contributed by atoms with Gasteiger partial charge in [-0.25, -0.2) is 0 Å². The fraction of sp³-hybridized carbons (Fsp3) is 0.381. The van der Waals surface area contributed by atoms with Crippen molar-refractivity contribution in [3.8, 4) is 0 Å². The molecule has 0 unspecified atom stereocenters. The fourth-order valence-corrected chi connectivity index (χ4v) is 4.06. The molecule has 26 heavy (non-hydrogen) atoms. The van der Waals surface area contributed by atoms with Gasteiger partial charge < -0.3 is 9.80 Å². The molecule has 5 heteroatoms. The summed E-state index contributed by atoms with van der Waals surface area (Å²) in [5.74, 6) is 0.252. The number of aryl methyl sites for hydroxylation is 1. The van der Waals surface area contributed by atoms with Gasteiger partial charge in [0.25, 0.3) is 5.91 Å². The van der Waals surface area contributed by atoms with E-state index in [0.29, 0.717) is 13.1 Å². The predicted octanol–water partition coefficient (Wildman–Crippen LogP) is 3.05. The first kappa shape index (κ1) is 16.8. The number of aromatic nitrogens is 1. The van der Waals surface area contributed by atoms with Crippen LogP contribution in [0.1, 0.15) is 35.2 Å². The van der Waals surface area contributed by atoms with Crippen molar-refractivity contribution in [2.24, 2.45) is 5.41 Å². The number of hydrogen-bond donors (Lipinski definition) is 0. The van der Waals surface area contributed by atoms with E-state index in [4.69, 9.17) is 0 Å². The zero-order valence-electron chi connectivity index (χ0n) is 15.0. The van der Waals surface area contributed by atoms with Crippen LogP contribution in [0.3, 0.4) is 0 Å². The van der Waals surface area contributed by atoms with Crippen molar-refractivity contribution in [3.63, 3.8) is 0 Å². The van der Waals surface area contributed by atoms with Crippen LogP contribution < -0.4 is 4.90 Å². The normalized spacial score (nSPS) is 19.2. The van der Waals surface area contributed by atoms with Crippen LogP contribution in [0.4, 0.5) is 5.69 Å². The van der Waals surface area contributed by atoms with Gasteiger partial charge in [-0.2, -0.15) is 0 Å². The minimum atomic E-state index is -0.320. The van der Waals surface area contributed by atoms with Gasteiger partial charge >= 0.3 is 0 Å². The van der Waals surface area contributed by atoms with Crippen LogP contribution in [0.15, 0.2) is 48.8 Å². The monoisotopic (exact) mass is 349 g/mol. The number of pyridine rings is 1. The van der Waals surface area contributed by atoms with Crippen LogP contribution in [0.5, 0.6) is 0 Å². The van der Waals surface area contributed by atoms with E-state index >= 15 is 0 Å². The number of carbonyl (C=O) groups excluding carboxylic acids is 2. The molecule has 0 atom stereocenters. The largest absolute Gasteiger partial charge is 0.339 e. The number of benzene rings is 1. The van der Waals surface area contributed by atoms with Crippen LogP contribution in [0, 0.1) is 12.3 Å². The third kappa shape index (κ3) is 2.87. The van der Waals surface area contributed by atoms with Crippen LogP contribution in [-0.4, -0.2) is 41.3 Å². The van der Waals surface area contributed by atoms with Crippen LogP contribution >= 0.6 is 0 Å². The quantitative estimate of drug-likeness (QED) is 0.837. The number of anilines is 1. The zero-order chi connectivity index (χ0) is 18.1. The van der Waals surface area contributed by atoms with Gasteiger partial charge in [-0.1, -0.05) is 17.7 Å². The number of piperidine rings is 1. The summed E-state index contributed by atoms with van der Waals surface area (Å²) in [5, 5.41) is 0. The van der Waals surface area contributed by atoms with Gasteiger partial charge in [0, 0.05) is 31.4 Å². The highest BCUT2D eigenvalue weighted by atomic mass is 16.2. The van der Waals surface area contributed by atoms with Gasteiger partial charge in [0.2, 0.25) is 5.91 Å². The van der Waals surface area contributed by atoms with Crippen molar-refractivity contribution in [3.05, 3.63) is 59.9 Å². The highest BCUT2D eigenvalue weighted by Gasteiger charge is 2.49. The van der Waals surface area contributed by atoms with E-state index in [1.165, 1.54) is 0 Å². The molecule has 0 aliphatic carbocycles. The molecule has 3 heterocycles. The van der Waals surface area contributed by atoms with E-state index in [-0.39, 0.29) is 17.2 Å². The van der Waals surface area contributed by atoms with Crippen molar-refractivity contribution in [2.75, 3.05) is 24.5 Å². The predicted molar refractivity (Wildman–Crippen MR) is 100.0 cm³/mol. The molecule has 1 aromatic carbocycles. The minimum absolute atomic E-state index is 0.0643. The first-order valence-corrected chi connectivity index (χ1v) is 9.17. The lowest BCUT2D eigenvalue weighted by Gasteiger charge is -2.38. The second-order valence-electron chi connectivity index (χ2n) is 7.36. The summed E-state index contributed by atoms with van der Waals surface area (Å²) >= 11 is 0. The lowest BCUT2D eigenvalue weighted by Crippen LogP contribution is -2.46.